The largest absolute Gasteiger partial charge is 0.457 e. The van der Waals surface area contributed by atoms with Crippen LogP contribution in [0, 0.1) is 29.1 Å². The first-order valence-corrected chi connectivity index (χ1v) is 22.7. The number of hydrogen-bond donors (Lipinski definition) is 0. The zero-order valence-electron chi connectivity index (χ0n) is 35.3. The van der Waals surface area contributed by atoms with Crippen LogP contribution < -0.4 is 9.64 Å². The molecule has 1 heterocycles. The fraction of sp³-hybridized carbons (Fsp3) is 0.310. The fourth-order valence-corrected chi connectivity index (χ4v) is 14.6. The Morgan fingerprint density at radius 1 is 0.517 bits per heavy atom. The highest BCUT2D eigenvalue weighted by molar-refractivity contribution is 5.97. The van der Waals surface area contributed by atoms with Crippen molar-refractivity contribution in [2.75, 3.05) is 4.90 Å². The lowest BCUT2D eigenvalue weighted by molar-refractivity contribution is -0.235. The van der Waals surface area contributed by atoms with Crippen molar-refractivity contribution in [1.82, 2.24) is 0 Å². The van der Waals surface area contributed by atoms with E-state index in [-0.39, 0.29) is 16.2 Å². The van der Waals surface area contributed by atoms with E-state index in [1.165, 1.54) is 105 Å². The molecular weight excluding hydrogens is 727 g/mol. The van der Waals surface area contributed by atoms with Gasteiger partial charge in [-0.25, -0.2) is 0 Å². The summed E-state index contributed by atoms with van der Waals surface area (Å²) in [5, 5.41) is 2.55. The van der Waals surface area contributed by atoms with Crippen LogP contribution in [0.3, 0.4) is 0 Å². The van der Waals surface area contributed by atoms with Gasteiger partial charge in [0, 0.05) is 33.5 Å². The third-order valence-corrected chi connectivity index (χ3v) is 17.3. The molecule has 6 unspecified atom stereocenters. The van der Waals surface area contributed by atoms with Crippen LogP contribution in [-0.2, 0) is 16.2 Å². The molecule has 2 nitrogen and oxygen atoms in total. The molecule has 7 aromatic rings. The van der Waals surface area contributed by atoms with Crippen LogP contribution in [-0.4, -0.2) is 0 Å². The summed E-state index contributed by atoms with van der Waals surface area (Å²) >= 11 is 0. The van der Waals surface area contributed by atoms with Gasteiger partial charge < -0.3 is 9.64 Å². The van der Waals surface area contributed by atoms with Crippen LogP contribution in [0.25, 0.3) is 33.0 Å². The number of ether oxygens (including phenoxy) is 1. The fourth-order valence-electron chi connectivity index (χ4n) is 14.6. The molecule has 0 aromatic heterocycles. The third-order valence-electron chi connectivity index (χ3n) is 17.3. The summed E-state index contributed by atoms with van der Waals surface area (Å²) in [6.07, 6.45) is 8.04. The Labute approximate surface area is 355 Å². The van der Waals surface area contributed by atoms with Gasteiger partial charge in [0.25, 0.3) is 0 Å². The van der Waals surface area contributed by atoms with Gasteiger partial charge in [0.05, 0.1) is 5.69 Å². The average molecular weight is 780 g/mol. The molecule has 0 saturated heterocycles. The normalized spacial score (nSPS) is 27.8. The molecule has 1 aliphatic heterocycles. The molecule has 60 heavy (non-hydrogen) atoms. The molecular formula is C58H53NO. The van der Waals surface area contributed by atoms with Gasteiger partial charge in [-0.15, -0.1) is 0 Å². The summed E-state index contributed by atoms with van der Waals surface area (Å²) < 4.78 is 6.91. The molecule has 4 fully saturated rings. The summed E-state index contributed by atoms with van der Waals surface area (Å²) in [5.41, 5.74) is 15.3. The van der Waals surface area contributed by atoms with E-state index in [9.17, 15) is 0 Å². The van der Waals surface area contributed by atoms with Gasteiger partial charge in [-0.2, -0.15) is 0 Å². The lowest BCUT2D eigenvalue weighted by Gasteiger charge is -2.77. The highest BCUT2D eigenvalue weighted by Crippen LogP contribution is 2.89. The average Bonchev–Trinajstić information content (AvgIpc) is 3.81. The lowest BCUT2D eigenvalue weighted by Crippen LogP contribution is -2.74. The van der Waals surface area contributed by atoms with Crippen molar-refractivity contribution < 1.29 is 4.74 Å². The van der Waals surface area contributed by atoms with Crippen LogP contribution in [0.2, 0.25) is 0 Å². The van der Waals surface area contributed by atoms with E-state index >= 15 is 0 Å². The van der Waals surface area contributed by atoms with Crippen molar-refractivity contribution in [2.24, 2.45) is 29.1 Å². The quantitative estimate of drug-likeness (QED) is 0.173. The number of anilines is 3. The van der Waals surface area contributed by atoms with E-state index in [0.717, 1.165) is 29.0 Å². The van der Waals surface area contributed by atoms with Crippen molar-refractivity contribution in [3.63, 3.8) is 0 Å². The van der Waals surface area contributed by atoms with E-state index in [0.29, 0.717) is 17.3 Å². The Bertz CT molecular complexity index is 2910. The summed E-state index contributed by atoms with van der Waals surface area (Å²) in [5.74, 6) is 5.32. The van der Waals surface area contributed by atoms with Crippen molar-refractivity contribution in [3.8, 4) is 33.8 Å². The third kappa shape index (κ3) is 4.50. The van der Waals surface area contributed by atoms with Crippen LogP contribution in [0.15, 0.2) is 152 Å². The first-order chi connectivity index (χ1) is 29.2. The maximum Gasteiger partial charge on any atom is 0.131 e. The Morgan fingerprint density at radius 2 is 1.20 bits per heavy atom. The van der Waals surface area contributed by atoms with Crippen molar-refractivity contribution in [2.45, 2.75) is 82.5 Å². The SMILES string of the molecule is CC1(C)CCC(C)(C)c2cc(-c3ccccc3N(c3ccc(-c4cccc5ccccc45)cc3)c3ccc4c(c3)C3(c5ccccc5O4)C4CC5CC6CC3C64C5)ccc21. The maximum atomic E-state index is 6.91. The lowest BCUT2D eigenvalue weighted by atomic mass is 9.26. The Hall–Kier alpha value is -5.60. The molecule has 6 atom stereocenters. The van der Waals surface area contributed by atoms with Gasteiger partial charge in [0.15, 0.2) is 0 Å². The molecule has 0 N–H and O–H groups in total. The number of rotatable bonds is 5. The second kappa shape index (κ2) is 12.0. The second-order valence-electron chi connectivity index (χ2n) is 20.8. The summed E-state index contributed by atoms with van der Waals surface area (Å²) in [7, 11) is 0. The molecule has 6 aliphatic rings. The van der Waals surface area contributed by atoms with Crippen molar-refractivity contribution in [3.05, 3.63) is 174 Å². The van der Waals surface area contributed by atoms with Gasteiger partial charge in [-0.05, 0) is 159 Å². The number of hydrogen-bond acceptors (Lipinski definition) is 2. The molecule has 2 heteroatoms. The molecule has 2 bridgehead atoms. The topological polar surface area (TPSA) is 12.5 Å². The molecule has 7 aromatic carbocycles. The first-order valence-electron chi connectivity index (χ1n) is 22.7. The molecule has 2 spiro atoms. The monoisotopic (exact) mass is 779 g/mol. The zero-order chi connectivity index (χ0) is 40.2. The minimum Gasteiger partial charge on any atom is -0.457 e. The number of fused-ring (bicyclic) bond motifs is 9. The predicted octanol–water partition coefficient (Wildman–Crippen LogP) is 15.5. The van der Waals surface area contributed by atoms with Crippen LogP contribution in [0.1, 0.15) is 88.5 Å². The minimum absolute atomic E-state index is 0.00610. The predicted molar refractivity (Wildman–Crippen MR) is 247 cm³/mol. The van der Waals surface area contributed by atoms with Gasteiger partial charge in [0.2, 0.25) is 0 Å². The molecule has 13 rings (SSSR count). The Morgan fingerprint density at radius 3 is 2.07 bits per heavy atom. The Balaban J connectivity index is 1.00. The molecule has 0 radical (unpaired) electrons. The molecule has 296 valence electrons. The number of nitrogens with zero attached hydrogens (tertiary/aromatic N) is 1. The molecule has 0 amide bonds. The van der Waals surface area contributed by atoms with Crippen LogP contribution >= 0.6 is 0 Å². The van der Waals surface area contributed by atoms with Crippen molar-refractivity contribution >= 4 is 27.8 Å². The molecule has 5 aliphatic carbocycles. The maximum absolute atomic E-state index is 6.91. The molecule has 4 saturated carbocycles. The summed E-state index contributed by atoms with van der Waals surface area (Å²) in [6, 6.07) is 57.5. The standard InChI is InChI=1S/C58H53NO/c1-55(2)28-29-56(3,4)48-32-39(22-26-46(48)55)45-15-7-9-18-50(45)59(41-23-20-38(21-24-41)44-16-11-13-37-12-5-6-14-43(37)44)42-25-27-52-49(34-42)58(47-17-8-10-19-51(47)60-52)53-31-36-30-40-33-54(58)57(40,53)35-36/h5-27,32,34,36,40,53-54H,28-31,33,35H2,1-4H3. The van der Waals surface area contributed by atoms with Crippen molar-refractivity contribution in [1.29, 1.82) is 0 Å². The van der Waals surface area contributed by atoms with E-state index in [4.69, 9.17) is 4.74 Å². The van der Waals surface area contributed by atoms with Gasteiger partial charge in [0.1, 0.15) is 11.5 Å². The van der Waals surface area contributed by atoms with E-state index in [1.54, 1.807) is 0 Å². The Kier molecular flexibility index (Phi) is 7.05. The summed E-state index contributed by atoms with van der Waals surface area (Å²) in [4.78, 5) is 2.55. The first kappa shape index (κ1) is 35.2. The highest BCUT2D eigenvalue weighted by Gasteiger charge is 2.84. The van der Waals surface area contributed by atoms with E-state index < -0.39 is 0 Å². The smallest absolute Gasteiger partial charge is 0.131 e. The van der Waals surface area contributed by atoms with Gasteiger partial charge in [-0.3, -0.25) is 0 Å². The summed E-state index contributed by atoms with van der Waals surface area (Å²) in [6.45, 7) is 9.73. The second-order valence-corrected chi connectivity index (χ2v) is 20.8. The van der Waals surface area contributed by atoms with Crippen LogP contribution in [0.4, 0.5) is 17.1 Å². The van der Waals surface area contributed by atoms with Crippen LogP contribution in [0.5, 0.6) is 11.5 Å². The highest BCUT2D eigenvalue weighted by atomic mass is 16.5. The van der Waals surface area contributed by atoms with E-state index in [1.807, 2.05) is 0 Å². The minimum atomic E-state index is 0.00610. The van der Waals surface area contributed by atoms with E-state index in [2.05, 4.69) is 184 Å². The number of benzene rings is 7. The van der Waals surface area contributed by atoms with Gasteiger partial charge >= 0.3 is 0 Å². The zero-order valence-corrected chi connectivity index (χ0v) is 35.3. The van der Waals surface area contributed by atoms with Gasteiger partial charge in [-0.1, -0.05) is 137 Å². The number of para-hydroxylation sites is 2.